The highest BCUT2D eigenvalue weighted by Gasteiger charge is 2.29. The van der Waals surface area contributed by atoms with Crippen molar-refractivity contribution in [1.29, 1.82) is 5.26 Å². The molecule has 1 aliphatic rings. The second kappa shape index (κ2) is 6.69. The molecule has 1 N–H and O–H groups in total. The molecule has 0 aliphatic carbocycles. The third-order valence-electron chi connectivity index (χ3n) is 4.15. The summed E-state index contributed by atoms with van der Waals surface area (Å²) >= 11 is 0. The molecule has 1 heterocycles. The average Bonchev–Trinajstić information content (AvgIpc) is 2.37. The van der Waals surface area contributed by atoms with Crippen LogP contribution in [0.3, 0.4) is 0 Å². The lowest BCUT2D eigenvalue weighted by molar-refractivity contribution is 0.214. The van der Waals surface area contributed by atoms with E-state index < -0.39 is 15.4 Å². The van der Waals surface area contributed by atoms with E-state index in [4.69, 9.17) is 0 Å². The van der Waals surface area contributed by atoms with Crippen LogP contribution in [0.4, 0.5) is 0 Å². The van der Waals surface area contributed by atoms with Crippen molar-refractivity contribution < 1.29 is 8.42 Å². The quantitative estimate of drug-likeness (QED) is 0.781. The molecule has 0 aromatic rings. The van der Waals surface area contributed by atoms with E-state index in [9.17, 15) is 13.7 Å². The minimum atomic E-state index is -2.84. The predicted octanol–water partition coefficient (Wildman–Crippen LogP) is 0.777. The normalized spacial score (nSPS) is 26.5. The molecule has 19 heavy (non-hydrogen) atoms. The Morgan fingerprint density at radius 1 is 1.53 bits per heavy atom. The third kappa shape index (κ3) is 4.44. The van der Waals surface area contributed by atoms with Crippen LogP contribution in [0.2, 0.25) is 0 Å². The van der Waals surface area contributed by atoms with E-state index in [1.807, 2.05) is 20.9 Å². The summed E-state index contributed by atoms with van der Waals surface area (Å²) in [6, 6.07) is 2.44. The monoisotopic (exact) mass is 287 g/mol. The summed E-state index contributed by atoms with van der Waals surface area (Å²) in [6.45, 7) is 5.46. The van der Waals surface area contributed by atoms with Crippen LogP contribution in [-0.4, -0.2) is 56.5 Å². The number of hydrogen-bond acceptors (Lipinski definition) is 5. The Balaban J connectivity index is 2.44. The second-order valence-corrected chi connectivity index (χ2v) is 7.63. The Morgan fingerprint density at radius 3 is 2.68 bits per heavy atom. The van der Waals surface area contributed by atoms with Crippen molar-refractivity contribution in [3.63, 3.8) is 0 Å². The molecule has 1 saturated heterocycles. The minimum Gasteiger partial charge on any atom is -0.302 e. The van der Waals surface area contributed by atoms with Gasteiger partial charge in [-0.15, -0.1) is 0 Å². The largest absolute Gasteiger partial charge is 0.302 e. The van der Waals surface area contributed by atoms with Gasteiger partial charge in [-0.1, -0.05) is 6.92 Å². The molecule has 6 heteroatoms. The van der Waals surface area contributed by atoms with Crippen LogP contribution in [0.5, 0.6) is 0 Å². The lowest BCUT2D eigenvalue weighted by Gasteiger charge is -2.34. The highest BCUT2D eigenvalue weighted by molar-refractivity contribution is 7.91. The van der Waals surface area contributed by atoms with Crippen molar-refractivity contribution in [3.05, 3.63) is 0 Å². The third-order valence-corrected chi connectivity index (χ3v) is 5.95. The number of nitrogens with zero attached hydrogens (tertiary/aromatic N) is 2. The van der Waals surface area contributed by atoms with Gasteiger partial charge in [-0.3, -0.25) is 4.90 Å². The molecule has 0 spiro atoms. The fourth-order valence-corrected chi connectivity index (χ4v) is 4.24. The summed E-state index contributed by atoms with van der Waals surface area (Å²) in [5.41, 5.74) is -0.439. The van der Waals surface area contributed by atoms with Gasteiger partial charge >= 0.3 is 0 Å². The van der Waals surface area contributed by atoms with Gasteiger partial charge < -0.3 is 5.32 Å². The SMILES string of the molecule is CCC(C#N)(CCCN1CCS(=O)(=O)CC1C)NC. The van der Waals surface area contributed by atoms with E-state index in [1.54, 1.807) is 0 Å². The number of nitrogens with one attached hydrogen (secondary N) is 1. The molecule has 1 rings (SSSR count). The Bertz CT molecular complexity index is 424. The summed E-state index contributed by atoms with van der Waals surface area (Å²) in [6.07, 6.45) is 2.49. The zero-order valence-corrected chi connectivity index (χ0v) is 13.0. The summed E-state index contributed by atoms with van der Waals surface area (Å²) < 4.78 is 23.0. The first-order chi connectivity index (χ1) is 8.88. The van der Waals surface area contributed by atoms with Gasteiger partial charge in [0, 0.05) is 12.6 Å². The molecule has 0 bridgehead atoms. The smallest absolute Gasteiger partial charge is 0.153 e. The zero-order chi connectivity index (χ0) is 14.5. The first kappa shape index (κ1) is 16.4. The maximum absolute atomic E-state index is 11.5. The molecule has 0 radical (unpaired) electrons. The van der Waals surface area contributed by atoms with Gasteiger partial charge in [0.15, 0.2) is 9.84 Å². The lowest BCUT2D eigenvalue weighted by atomic mass is 9.92. The Labute approximate surface area is 116 Å². The summed E-state index contributed by atoms with van der Waals surface area (Å²) in [5.74, 6) is 0.525. The maximum atomic E-state index is 11.5. The molecule has 2 atom stereocenters. The van der Waals surface area contributed by atoms with Gasteiger partial charge in [0.2, 0.25) is 0 Å². The number of rotatable bonds is 6. The van der Waals surface area contributed by atoms with Crippen molar-refractivity contribution in [1.82, 2.24) is 10.2 Å². The van der Waals surface area contributed by atoms with Crippen molar-refractivity contribution in [2.24, 2.45) is 0 Å². The molecule has 1 aliphatic heterocycles. The van der Waals surface area contributed by atoms with Gasteiger partial charge in [-0.2, -0.15) is 5.26 Å². The Hall–Kier alpha value is -0.640. The second-order valence-electron chi connectivity index (χ2n) is 5.40. The molecule has 5 nitrogen and oxygen atoms in total. The minimum absolute atomic E-state index is 0.0893. The first-order valence-corrected chi connectivity index (χ1v) is 8.75. The number of hydrogen-bond donors (Lipinski definition) is 1. The van der Waals surface area contributed by atoms with Crippen LogP contribution in [0.25, 0.3) is 0 Å². The molecule has 0 aromatic heterocycles. The fraction of sp³-hybridized carbons (Fsp3) is 0.923. The molecule has 0 amide bonds. The molecule has 2 unspecified atom stereocenters. The Morgan fingerprint density at radius 2 is 2.21 bits per heavy atom. The standard InChI is InChI=1S/C13H25N3O2S/c1-4-13(11-14,15-3)6-5-7-16-8-9-19(17,18)10-12(16)2/h12,15H,4-10H2,1-3H3. The van der Waals surface area contributed by atoms with Crippen LogP contribution in [0.15, 0.2) is 0 Å². The average molecular weight is 287 g/mol. The van der Waals surface area contributed by atoms with E-state index in [-0.39, 0.29) is 17.5 Å². The van der Waals surface area contributed by atoms with Crippen LogP contribution in [0.1, 0.15) is 33.1 Å². The highest BCUT2D eigenvalue weighted by atomic mass is 32.2. The molecule has 1 fully saturated rings. The van der Waals surface area contributed by atoms with Crippen molar-refractivity contribution in [3.8, 4) is 6.07 Å². The van der Waals surface area contributed by atoms with Crippen LogP contribution in [-0.2, 0) is 9.84 Å². The molecular formula is C13H25N3O2S. The molecule has 0 saturated carbocycles. The summed E-state index contributed by atoms with van der Waals surface area (Å²) in [4.78, 5) is 2.22. The Kier molecular flexibility index (Phi) is 5.78. The number of sulfone groups is 1. The van der Waals surface area contributed by atoms with Gasteiger partial charge in [0.25, 0.3) is 0 Å². The topological polar surface area (TPSA) is 73.2 Å². The van der Waals surface area contributed by atoms with Crippen LogP contribution in [0, 0.1) is 11.3 Å². The van der Waals surface area contributed by atoms with E-state index in [1.165, 1.54) is 0 Å². The van der Waals surface area contributed by atoms with E-state index in [0.29, 0.717) is 6.54 Å². The fourth-order valence-electron chi connectivity index (χ4n) is 2.62. The van der Waals surface area contributed by atoms with Gasteiger partial charge in [-0.25, -0.2) is 8.42 Å². The van der Waals surface area contributed by atoms with Crippen molar-refractivity contribution in [2.75, 3.05) is 31.6 Å². The highest BCUT2D eigenvalue weighted by Crippen LogP contribution is 2.18. The van der Waals surface area contributed by atoms with Crippen molar-refractivity contribution >= 4 is 9.84 Å². The van der Waals surface area contributed by atoms with Crippen molar-refractivity contribution in [2.45, 2.75) is 44.7 Å². The predicted molar refractivity (Wildman–Crippen MR) is 76.6 cm³/mol. The lowest BCUT2D eigenvalue weighted by Crippen LogP contribution is -2.48. The van der Waals surface area contributed by atoms with Gasteiger partial charge in [0.05, 0.1) is 17.6 Å². The van der Waals surface area contributed by atoms with E-state index in [2.05, 4.69) is 16.3 Å². The van der Waals surface area contributed by atoms with Gasteiger partial charge in [-0.05, 0) is 39.8 Å². The maximum Gasteiger partial charge on any atom is 0.153 e. The van der Waals surface area contributed by atoms with Gasteiger partial charge in [0.1, 0.15) is 5.54 Å². The van der Waals surface area contributed by atoms with Crippen LogP contribution >= 0.6 is 0 Å². The molecule has 0 aromatic carbocycles. The van der Waals surface area contributed by atoms with Crippen LogP contribution < -0.4 is 5.32 Å². The molecular weight excluding hydrogens is 262 g/mol. The van der Waals surface area contributed by atoms with E-state index in [0.717, 1.165) is 25.8 Å². The summed E-state index contributed by atoms with van der Waals surface area (Å²) in [7, 11) is -1.02. The number of nitriles is 1. The summed E-state index contributed by atoms with van der Waals surface area (Å²) in [5, 5.41) is 12.3. The molecule has 110 valence electrons. The van der Waals surface area contributed by atoms with E-state index >= 15 is 0 Å². The first-order valence-electron chi connectivity index (χ1n) is 6.92. The zero-order valence-electron chi connectivity index (χ0n) is 12.1.